The Morgan fingerprint density at radius 1 is 1.27 bits per heavy atom. The third-order valence-electron chi connectivity index (χ3n) is 1.48. The second kappa shape index (κ2) is 4.67. The maximum absolute atomic E-state index is 4.14. The van der Waals surface area contributed by atoms with Crippen molar-refractivity contribution in [2.24, 2.45) is 4.99 Å². The van der Waals surface area contributed by atoms with Gasteiger partial charge >= 0.3 is 0 Å². The second-order valence-electron chi connectivity index (χ2n) is 2.37. The van der Waals surface area contributed by atoms with Crippen molar-refractivity contribution in [3.63, 3.8) is 0 Å². The van der Waals surface area contributed by atoms with Crippen LogP contribution in [0.5, 0.6) is 0 Å². The van der Waals surface area contributed by atoms with Crippen LogP contribution in [-0.2, 0) is 6.42 Å². The van der Waals surface area contributed by atoms with Crippen LogP contribution in [0.3, 0.4) is 0 Å². The molecule has 0 spiro atoms. The van der Waals surface area contributed by atoms with Crippen molar-refractivity contribution >= 4 is 6.21 Å². The molecule has 0 aliphatic carbocycles. The standard InChI is InChI=1S/C10H13N/c1-2-11-9-8-10-6-4-3-5-7-10/h3-7,9H,2,8H2,1H3. The van der Waals surface area contributed by atoms with Gasteiger partial charge in [0.1, 0.15) is 0 Å². The van der Waals surface area contributed by atoms with Gasteiger partial charge in [-0.2, -0.15) is 0 Å². The fourth-order valence-corrected chi connectivity index (χ4v) is 0.913. The fraction of sp³-hybridized carbons (Fsp3) is 0.300. The second-order valence-corrected chi connectivity index (χ2v) is 2.37. The summed E-state index contributed by atoms with van der Waals surface area (Å²) < 4.78 is 0. The minimum atomic E-state index is 0.882. The first-order valence-corrected chi connectivity index (χ1v) is 3.95. The van der Waals surface area contributed by atoms with Gasteiger partial charge in [0.2, 0.25) is 0 Å². The average Bonchev–Trinajstić information content (AvgIpc) is 2.07. The van der Waals surface area contributed by atoms with Crippen LogP contribution in [-0.4, -0.2) is 12.8 Å². The first-order chi connectivity index (χ1) is 5.43. The number of rotatable bonds is 3. The third kappa shape index (κ3) is 2.99. The highest BCUT2D eigenvalue weighted by Crippen LogP contribution is 1.96. The zero-order valence-corrected chi connectivity index (χ0v) is 6.83. The van der Waals surface area contributed by atoms with Crippen molar-refractivity contribution in [2.75, 3.05) is 6.54 Å². The van der Waals surface area contributed by atoms with Crippen molar-refractivity contribution in [1.82, 2.24) is 0 Å². The van der Waals surface area contributed by atoms with E-state index in [1.807, 2.05) is 19.2 Å². The molecule has 0 amide bonds. The van der Waals surface area contributed by atoms with Gasteiger partial charge < -0.3 is 0 Å². The summed E-state index contributed by atoms with van der Waals surface area (Å²) in [7, 11) is 0. The van der Waals surface area contributed by atoms with Gasteiger partial charge in [0, 0.05) is 19.2 Å². The monoisotopic (exact) mass is 147 g/mol. The zero-order valence-electron chi connectivity index (χ0n) is 6.83. The molecule has 11 heavy (non-hydrogen) atoms. The Morgan fingerprint density at radius 3 is 2.64 bits per heavy atom. The molecule has 1 aromatic carbocycles. The molecular weight excluding hydrogens is 134 g/mol. The van der Waals surface area contributed by atoms with Gasteiger partial charge in [-0.1, -0.05) is 30.3 Å². The van der Waals surface area contributed by atoms with E-state index in [4.69, 9.17) is 0 Å². The van der Waals surface area contributed by atoms with Crippen molar-refractivity contribution in [1.29, 1.82) is 0 Å². The number of aliphatic imine (C=N–C) groups is 1. The van der Waals surface area contributed by atoms with Crippen LogP contribution in [0.4, 0.5) is 0 Å². The molecule has 0 aliphatic heterocycles. The average molecular weight is 147 g/mol. The minimum absolute atomic E-state index is 0.882. The summed E-state index contributed by atoms with van der Waals surface area (Å²) in [5.74, 6) is 0. The highest BCUT2D eigenvalue weighted by atomic mass is 14.7. The molecule has 0 heterocycles. The normalized spacial score (nSPS) is 10.6. The minimum Gasteiger partial charge on any atom is -0.297 e. The van der Waals surface area contributed by atoms with Crippen molar-refractivity contribution < 1.29 is 0 Å². The fourth-order valence-electron chi connectivity index (χ4n) is 0.913. The SMILES string of the molecule is CCN=CCc1ccccc1. The first-order valence-electron chi connectivity index (χ1n) is 3.95. The lowest BCUT2D eigenvalue weighted by Crippen LogP contribution is -1.84. The van der Waals surface area contributed by atoms with Crippen LogP contribution in [0.2, 0.25) is 0 Å². The molecule has 1 heteroatoms. The van der Waals surface area contributed by atoms with Crippen LogP contribution < -0.4 is 0 Å². The first kappa shape index (κ1) is 7.99. The number of nitrogens with zero attached hydrogens (tertiary/aromatic N) is 1. The van der Waals surface area contributed by atoms with E-state index in [9.17, 15) is 0 Å². The Balaban J connectivity index is 2.45. The van der Waals surface area contributed by atoms with Crippen LogP contribution >= 0.6 is 0 Å². The van der Waals surface area contributed by atoms with Crippen LogP contribution in [0.25, 0.3) is 0 Å². The number of benzene rings is 1. The highest BCUT2D eigenvalue weighted by Gasteiger charge is 1.84. The van der Waals surface area contributed by atoms with E-state index in [0.29, 0.717) is 0 Å². The predicted molar refractivity (Wildman–Crippen MR) is 49.2 cm³/mol. The third-order valence-corrected chi connectivity index (χ3v) is 1.48. The molecule has 0 unspecified atom stereocenters. The molecule has 0 saturated heterocycles. The smallest absolute Gasteiger partial charge is 0.0357 e. The van der Waals surface area contributed by atoms with E-state index < -0.39 is 0 Å². The zero-order chi connectivity index (χ0) is 7.94. The van der Waals surface area contributed by atoms with Gasteiger partial charge in [0.05, 0.1) is 0 Å². The molecule has 0 aromatic heterocycles. The molecule has 0 bridgehead atoms. The van der Waals surface area contributed by atoms with E-state index in [1.165, 1.54) is 5.56 Å². The van der Waals surface area contributed by atoms with E-state index in [-0.39, 0.29) is 0 Å². The molecule has 0 fully saturated rings. The molecule has 1 rings (SSSR count). The Kier molecular flexibility index (Phi) is 3.39. The van der Waals surface area contributed by atoms with Gasteiger partial charge in [0.15, 0.2) is 0 Å². The molecule has 0 radical (unpaired) electrons. The molecule has 1 nitrogen and oxygen atoms in total. The van der Waals surface area contributed by atoms with E-state index in [0.717, 1.165) is 13.0 Å². The number of hydrogen-bond acceptors (Lipinski definition) is 1. The van der Waals surface area contributed by atoms with Gasteiger partial charge in [-0.15, -0.1) is 0 Å². The molecule has 0 N–H and O–H groups in total. The molecule has 1 aromatic rings. The largest absolute Gasteiger partial charge is 0.297 e. The van der Waals surface area contributed by atoms with Crippen LogP contribution in [0, 0.1) is 0 Å². The van der Waals surface area contributed by atoms with Crippen LogP contribution in [0.15, 0.2) is 35.3 Å². The summed E-state index contributed by atoms with van der Waals surface area (Å²) in [6.07, 6.45) is 2.92. The predicted octanol–water partition coefficient (Wildman–Crippen LogP) is 2.32. The quantitative estimate of drug-likeness (QED) is 0.582. The molecule has 0 aliphatic rings. The van der Waals surface area contributed by atoms with E-state index >= 15 is 0 Å². The molecule has 58 valence electrons. The summed E-state index contributed by atoms with van der Waals surface area (Å²) in [5.41, 5.74) is 1.32. The number of hydrogen-bond donors (Lipinski definition) is 0. The molecule has 0 atom stereocenters. The summed E-state index contributed by atoms with van der Waals surface area (Å²) in [6, 6.07) is 10.4. The lowest BCUT2D eigenvalue weighted by molar-refractivity contribution is 1.13. The Hall–Kier alpha value is -1.11. The molecule has 0 saturated carbocycles. The summed E-state index contributed by atoms with van der Waals surface area (Å²) in [5, 5.41) is 0. The lowest BCUT2D eigenvalue weighted by atomic mass is 10.2. The molecular formula is C10H13N. The Labute approximate surface area is 67.8 Å². The Morgan fingerprint density at radius 2 is 2.00 bits per heavy atom. The van der Waals surface area contributed by atoms with Crippen molar-refractivity contribution in [3.8, 4) is 0 Å². The van der Waals surface area contributed by atoms with Gasteiger partial charge in [0.25, 0.3) is 0 Å². The maximum Gasteiger partial charge on any atom is 0.0357 e. The van der Waals surface area contributed by atoms with E-state index in [2.05, 4.69) is 29.3 Å². The van der Waals surface area contributed by atoms with Crippen LogP contribution in [0.1, 0.15) is 12.5 Å². The van der Waals surface area contributed by atoms with Gasteiger partial charge in [-0.3, -0.25) is 4.99 Å². The Bertz CT molecular complexity index is 214. The van der Waals surface area contributed by atoms with Gasteiger partial charge in [-0.05, 0) is 12.5 Å². The van der Waals surface area contributed by atoms with Gasteiger partial charge in [-0.25, -0.2) is 0 Å². The highest BCUT2D eigenvalue weighted by molar-refractivity contribution is 5.61. The topological polar surface area (TPSA) is 12.4 Å². The summed E-state index contributed by atoms with van der Waals surface area (Å²) >= 11 is 0. The van der Waals surface area contributed by atoms with E-state index in [1.54, 1.807) is 0 Å². The maximum atomic E-state index is 4.14. The van der Waals surface area contributed by atoms with Crippen molar-refractivity contribution in [2.45, 2.75) is 13.3 Å². The lowest BCUT2D eigenvalue weighted by Gasteiger charge is -1.92. The van der Waals surface area contributed by atoms with Crippen molar-refractivity contribution in [3.05, 3.63) is 35.9 Å². The summed E-state index contributed by atoms with van der Waals surface area (Å²) in [4.78, 5) is 4.14. The summed E-state index contributed by atoms with van der Waals surface area (Å²) in [6.45, 7) is 2.92.